The van der Waals surface area contributed by atoms with Crippen LogP contribution in [0.15, 0.2) is 41.4 Å². The number of likely N-dealkylation sites (N-methyl/N-ethyl adjacent to an activating group) is 1. The number of carbonyl (C=O) groups is 3. The summed E-state index contributed by atoms with van der Waals surface area (Å²) in [7, 11) is -2.80. The van der Waals surface area contributed by atoms with E-state index < -0.39 is 44.3 Å². The molecule has 0 spiro atoms. The summed E-state index contributed by atoms with van der Waals surface area (Å²) in [6, 6.07) is 4.95. The Hall–Kier alpha value is -5.20. The van der Waals surface area contributed by atoms with Crippen LogP contribution >= 0.6 is 0 Å². The molecule has 0 aliphatic carbocycles. The van der Waals surface area contributed by atoms with E-state index in [1.165, 1.54) is 29.9 Å². The van der Waals surface area contributed by atoms with Gasteiger partial charge in [0.15, 0.2) is 5.82 Å². The molecule has 4 aromatic rings. The van der Waals surface area contributed by atoms with E-state index in [0.717, 1.165) is 36.1 Å². The van der Waals surface area contributed by atoms with Gasteiger partial charge < -0.3 is 30.5 Å². The van der Waals surface area contributed by atoms with Gasteiger partial charge in [-0.05, 0) is 30.8 Å². The van der Waals surface area contributed by atoms with Crippen molar-refractivity contribution in [3.63, 3.8) is 0 Å². The van der Waals surface area contributed by atoms with E-state index in [-0.39, 0.29) is 48.0 Å². The van der Waals surface area contributed by atoms with Gasteiger partial charge in [-0.2, -0.15) is 9.40 Å². The third-order valence-corrected chi connectivity index (χ3v) is 10.7. The summed E-state index contributed by atoms with van der Waals surface area (Å²) in [6.07, 6.45) is 1.36. The molecule has 0 atom stereocenters. The normalized spacial score (nSPS) is 15.6. The van der Waals surface area contributed by atoms with Crippen LogP contribution in [0.4, 0.5) is 20.3 Å². The minimum Gasteiger partial charge on any atom is -0.477 e. The van der Waals surface area contributed by atoms with Crippen molar-refractivity contribution in [1.82, 2.24) is 29.0 Å². The number of hydrogen-bond acceptors (Lipinski definition) is 9. The number of carbonyl (C=O) groups excluding carboxylic acids is 2. The number of amides is 2. The average Bonchev–Trinajstić information content (AvgIpc) is 3.66. The molecule has 0 bridgehead atoms. The third kappa shape index (κ3) is 6.36. The molecule has 49 heavy (non-hydrogen) atoms. The van der Waals surface area contributed by atoms with Crippen LogP contribution in [0.2, 0.25) is 0 Å². The van der Waals surface area contributed by atoms with Crippen LogP contribution in [0.5, 0.6) is 0 Å². The van der Waals surface area contributed by atoms with E-state index in [4.69, 9.17) is 5.73 Å². The Morgan fingerprint density at radius 2 is 1.71 bits per heavy atom. The Kier molecular flexibility index (Phi) is 8.95. The number of H-pyrrole nitrogens is 1. The summed E-state index contributed by atoms with van der Waals surface area (Å²) in [4.78, 5) is 46.6. The smallest absolute Gasteiger partial charge is 0.354 e. The maximum absolute atomic E-state index is 13.9. The van der Waals surface area contributed by atoms with Gasteiger partial charge in [0.2, 0.25) is 15.9 Å². The summed E-state index contributed by atoms with van der Waals surface area (Å²) in [6.45, 7) is 5.26. The van der Waals surface area contributed by atoms with E-state index in [1.54, 1.807) is 0 Å². The standard InChI is InChI=1S/C31H33F2N9O6S/c1-3-40-6-8-41(9-7-40)25-14-20(27(34)43)21(13-22(25)29-35-15-26(31(45)46)39(29)2)30(44)36-28-23-16-42(5-4-24(23)37-38-28)49(47,48)19-11-17(32)10-18(33)12-19/h10-15H,3-9,16H2,1-2H3,(H2,34,43)(H,45,46)(H2,36,37,38,44). The van der Waals surface area contributed by atoms with Crippen molar-refractivity contribution in [1.29, 1.82) is 0 Å². The number of primary amides is 1. The van der Waals surface area contributed by atoms with Crippen LogP contribution in [0, 0.1) is 11.6 Å². The number of nitrogens with zero attached hydrogens (tertiary/aromatic N) is 6. The molecule has 0 saturated carbocycles. The largest absolute Gasteiger partial charge is 0.477 e. The highest BCUT2D eigenvalue weighted by molar-refractivity contribution is 7.89. The molecule has 1 saturated heterocycles. The molecule has 18 heteroatoms. The quantitative estimate of drug-likeness (QED) is 0.201. The number of sulfonamides is 1. The fourth-order valence-electron chi connectivity index (χ4n) is 6.16. The first kappa shape index (κ1) is 33.7. The molecule has 258 valence electrons. The number of nitrogens with one attached hydrogen (secondary N) is 2. The highest BCUT2D eigenvalue weighted by Crippen LogP contribution is 2.35. The van der Waals surface area contributed by atoms with Gasteiger partial charge in [-0.1, -0.05) is 6.92 Å². The molecule has 0 radical (unpaired) electrons. The second kappa shape index (κ2) is 13.0. The lowest BCUT2D eigenvalue weighted by atomic mass is 9.98. The molecular weight excluding hydrogens is 664 g/mol. The van der Waals surface area contributed by atoms with Gasteiger partial charge in [-0.3, -0.25) is 14.7 Å². The van der Waals surface area contributed by atoms with Crippen molar-refractivity contribution in [2.45, 2.75) is 24.8 Å². The van der Waals surface area contributed by atoms with Gasteiger partial charge in [-0.25, -0.2) is 27.0 Å². The van der Waals surface area contributed by atoms with Gasteiger partial charge >= 0.3 is 5.97 Å². The second-order valence-electron chi connectivity index (χ2n) is 11.7. The molecule has 2 aliphatic rings. The Morgan fingerprint density at radius 3 is 2.33 bits per heavy atom. The number of rotatable bonds is 9. The maximum Gasteiger partial charge on any atom is 0.354 e. The molecule has 2 amide bonds. The Morgan fingerprint density at radius 1 is 1.02 bits per heavy atom. The highest BCUT2D eigenvalue weighted by Gasteiger charge is 2.33. The number of halogens is 2. The van der Waals surface area contributed by atoms with Crippen molar-refractivity contribution in [3.8, 4) is 11.4 Å². The summed E-state index contributed by atoms with van der Waals surface area (Å²) in [5, 5.41) is 19.3. The minimum absolute atomic E-state index is 0.0196. The van der Waals surface area contributed by atoms with E-state index in [2.05, 4.69) is 32.3 Å². The predicted octanol–water partition coefficient (Wildman–Crippen LogP) is 2.03. The molecule has 2 aliphatic heterocycles. The van der Waals surface area contributed by atoms with E-state index in [1.807, 2.05) is 4.90 Å². The predicted molar refractivity (Wildman–Crippen MR) is 173 cm³/mol. The van der Waals surface area contributed by atoms with Crippen molar-refractivity contribution < 1.29 is 36.7 Å². The number of aromatic carboxylic acids is 1. The van der Waals surface area contributed by atoms with Gasteiger partial charge in [0.25, 0.3) is 5.91 Å². The summed E-state index contributed by atoms with van der Waals surface area (Å²) in [5.74, 6) is -4.76. The number of anilines is 2. The van der Waals surface area contributed by atoms with Crippen molar-refractivity contribution in [2.24, 2.45) is 12.8 Å². The van der Waals surface area contributed by atoms with Gasteiger partial charge in [0, 0.05) is 81.3 Å². The third-order valence-electron chi connectivity index (χ3n) is 8.86. The summed E-state index contributed by atoms with van der Waals surface area (Å²) >= 11 is 0. The summed E-state index contributed by atoms with van der Waals surface area (Å²) in [5.41, 5.74) is 7.23. The second-order valence-corrected chi connectivity index (χ2v) is 13.6. The number of aromatic nitrogens is 4. The summed E-state index contributed by atoms with van der Waals surface area (Å²) < 4.78 is 56.8. The molecule has 2 aromatic heterocycles. The molecule has 2 aromatic carbocycles. The first-order chi connectivity index (χ1) is 23.3. The lowest BCUT2D eigenvalue weighted by Crippen LogP contribution is -2.46. The van der Waals surface area contributed by atoms with Gasteiger partial charge in [-0.15, -0.1) is 0 Å². The zero-order valence-electron chi connectivity index (χ0n) is 26.5. The lowest BCUT2D eigenvalue weighted by molar-refractivity contribution is 0.0686. The number of carboxylic acid groups (broad SMARTS) is 1. The fraction of sp³-hybridized carbons (Fsp3) is 0.323. The van der Waals surface area contributed by atoms with Crippen LogP contribution in [-0.2, 0) is 30.0 Å². The lowest BCUT2D eigenvalue weighted by Gasteiger charge is -2.36. The SMILES string of the molecule is CCN1CCN(c2cc(C(N)=O)c(C(=O)Nc3n[nH]c4c3CN(S(=O)(=O)c3cc(F)cc(F)c3)CC4)cc2-c2ncc(C(=O)O)n2C)CC1. The molecule has 0 unspecified atom stereocenters. The number of hydrogen-bond donors (Lipinski definition) is 4. The van der Waals surface area contributed by atoms with E-state index in [0.29, 0.717) is 41.7 Å². The number of piperazine rings is 1. The molecule has 15 nitrogen and oxygen atoms in total. The average molecular weight is 698 g/mol. The topological polar surface area (TPSA) is 200 Å². The molecule has 5 N–H and O–H groups in total. The number of fused-ring (bicyclic) bond motifs is 1. The Bertz CT molecular complexity index is 2070. The molecule has 6 rings (SSSR count). The number of benzene rings is 2. The monoisotopic (exact) mass is 697 g/mol. The molecule has 4 heterocycles. The van der Waals surface area contributed by atoms with Crippen LogP contribution in [0.3, 0.4) is 0 Å². The van der Waals surface area contributed by atoms with Crippen molar-refractivity contribution in [2.75, 3.05) is 49.5 Å². The zero-order valence-corrected chi connectivity index (χ0v) is 27.4. The zero-order chi connectivity index (χ0) is 35.2. The van der Waals surface area contributed by atoms with E-state index >= 15 is 0 Å². The number of aromatic amines is 1. The number of carboxylic acids is 1. The van der Waals surface area contributed by atoms with Crippen LogP contribution in [0.25, 0.3) is 11.4 Å². The highest BCUT2D eigenvalue weighted by atomic mass is 32.2. The number of imidazole rings is 1. The van der Waals surface area contributed by atoms with E-state index in [9.17, 15) is 36.7 Å². The first-order valence-corrected chi connectivity index (χ1v) is 16.8. The maximum atomic E-state index is 13.9. The Labute approximate surface area is 279 Å². The molecular formula is C31H33F2N9O6S. The minimum atomic E-state index is -4.33. The van der Waals surface area contributed by atoms with Crippen LogP contribution in [0.1, 0.15) is 49.4 Å². The van der Waals surface area contributed by atoms with Crippen LogP contribution in [-0.4, -0.2) is 99.5 Å². The Balaban J connectivity index is 1.36. The van der Waals surface area contributed by atoms with Crippen LogP contribution < -0.4 is 16.0 Å². The first-order valence-electron chi connectivity index (χ1n) is 15.3. The van der Waals surface area contributed by atoms with Gasteiger partial charge in [0.1, 0.15) is 23.2 Å². The van der Waals surface area contributed by atoms with Crippen molar-refractivity contribution >= 4 is 39.3 Å². The fourth-order valence-corrected chi connectivity index (χ4v) is 7.62. The van der Waals surface area contributed by atoms with Gasteiger partial charge in [0.05, 0.1) is 22.2 Å². The van der Waals surface area contributed by atoms with Crippen molar-refractivity contribution in [3.05, 3.63) is 76.2 Å². The molecule has 1 fully saturated rings. The number of nitrogens with two attached hydrogens (primary N) is 1.